The molecule has 1 fully saturated rings. The number of carbonyl (C=O) groups is 1. The van der Waals surface area contributed by atoms with Crippen LogP contribution >= 0.6 is 0 Å². The minimum absolute atomic E-state index is 0.130. The molecule has 3 heterocycles. The molecular weight excluding hydrogens is 356 g/mol. The van der Waals surface area contributed by atoms with Gasteiger partial charge in [0.25, 0.3) is 11.6 Å². The van der Waals surface area contributed by atoms with Gasteiger partial charge in [0.15, 0.2) is 0 Å². The predicted octanol–water partition coefficient (Wildman–Crippen LogP) is 3.17. The molecule has 1 aliphatic heterocycles. The molecule has 0 radical (unpaired) electrons. The molecule has 0 bridgehead atoms. The van der Waals surface area contributed by atoms with Gasteiger partial charge in [-0.15, -0.1) is 0 Å². The van der Waals surface area contributed by atoms with Crippen molar-refractivity contribution in [2.45, 2.75) is 26.8 Å². The Bertz CT molecular complexity index is 991. The molecule has 0 unspecified atom stereocenters. The Labute approximate surface area is 163 Å². The zero-order valence-corrected chi connectivity index (χ0v) is 16.4. The van der Waals surface area contributed by atoms with Crippen molar-refractivity contribution in [1.29, 1.82) is 0 Å². The number of hydrogen-bond acceptors (Lipinski definition) is 6. The number of rotatable bonds is 4. The molecular formula is C21H24N4O3. The van der Waals surface area contributed by atoms with Gasteiger partial charge in [-0.2, -0.15) is 0 Å². The average Bonchev–Trinajstić information content (AvgIpc) is 3.08. The number of fused-ring (bicyclic) bond motifs is 1. The fourth-order valence-electron chi connectivity index (χ4n) is 3.55. The standard InChI is InChI=1S/C21H24N4O3/c1-13-12-18(19-15(3)24-28-21(19)22-13)20(26)23-14(2)16-4-6-17(7-5-16)25-8-10-27-11-9-25/h4-7,12,14H,8-11H2,1-3H3,(H,23,26)/t14-/m1/s1. The first-order valence-corrected chi connectivity index (χ1v) is 9.50. The third kappa shape index (κ3) is 3.57. The summed E-state index contributed by atoms with van der Waals surface area (Å²) in [5.74, 6) is -0.161. The molecule has 7 heteroatoms. The number of morpholine rings is 1. The molecule has 1 aromatic carbocycles. The van der Waals surface area contributed by atoms with Gasteiger partial charge in [0.2, 0.25) is 0 Å². The number of benzene rings is 1. The summed E-state index contributed by atoms with van der Waals surface area (Å²) >= 11 is 0. The molecule has 4 rings (SSSR count). The maximum Gasteiger partial charge on any atom is 0.258 e. The molecule has 28 heavy (non-hydrogen) atoms. The smallest absolute Gasteiger partial charge is 0.258 e. The minimum Gasteiger partial charge on any atom is -0.378 e. The van der Waals surface area contributed by atoms with Gasteiger partial charge in [0.05, 0.1) is 35.9 Å². The molecule has 3 aromatic rings. The lowest BCUT2D eigenvalue weighted by atomic mass is 10.1. The number of ether oxygens (including phenoxy) is 1. The van der Waals surface area contributed by atoms with Crippen LogP contribution in [0.3, 0.4) is 0 Å². The van der Waals surface area contributed by atoms with Crippen LogP contribution in [0.1, 0.15) is 40.3 Å². The number of nitrogens with zero attached hydrogens (tertiary/aromatic N) is 3. The maximum atomic E-state index is 12.9. The monoisotopic (exact) mass is 380 g/mol. The topological polar surface area (TPSA) is 80.5 Å². The lowest BCUT2D eigenvalue weighted by Crippen LogP contribution is -2.36. The number of amides is 1. The van der Waals surface area contributed by atoms with Crippen LogP contribution in [-0.4, -0.2) is 42.4 Å². The zero-order chi connectivity index (χ0) is 19.7. The van der Waals surface area contributed by atoms with E-state index in [1.807, 2.05) is 20.8 Å². The van der Waals surface area contributed by atoms with Crippen LogP contribution in [0.25, 0.3) is 11.1 Å². The summed E-state index contributed by atoms with van der Waals surface area (Å²) in [6, 6.07) is 9.97. The fraction of sp³-hybridized carbons (Fsp3) is 0.381. The van der Waals surface area contributed by atoms with E-state index < -0.39 is 0 Å². The van der Waals surface area contributed by atoms with Crippen LogP contribution in [0.4, 0.5) is 5.69 Å². The highest BCUT2D eigenvalue weighted by atomic mass is 16.5. The molecule has 1 atom stereocenters. The molecule has 0 spiro atoms. The number of anilines is 1. The van der Waals surface area contributed by atoms with Crippen molar-refractivity contribution in [3.63, 3.8) is 0 Å². The highest BCUT2D eigenvalue weighted by Crippen LogP contribution is 2.24. The second-order valence-corrected chi connectivity index (χ2v) is 7.15. The Morgan fingerprint density at radius 2 is 1.89 bits per heavy atom. The van der Waals surface area contributed by atoms with E-state index >= 15 is 0 Å². The van der Waals surface area contributed by atoms with Gasteiger partial charge in [-0.1, -0.05) is 17.3 Å². The van der Waals surface area contributed by atoms with Gasteiger partial charge in [0, 0.05) is 24.5 Å². The van der Waals surface area contributed by atoms with Crippen molar-refractivity contribution in [2.75, 3.05) is 31.2 Å². The van der Waals surface area contributed by atoms with Crippen molar-refractivity contribution in [1.82, 2.24) is 15.5 Å². The molecule has 0 saturated carbocycles. The minimum atomic E-state index is -0.161. The van der Waals surface area contributed by atoms with E-state index in [1.54, 1.807) is 6.07 Å². The summed E-state index contributed by atoms with van der Waals surface area (Å²) in [4.78, 5) is 19.5. The number of aromatic nitrogens is 2. The molecule has 2 aromatic heterocycles. The van der Waals surface area contributed by atoms with Crippen LogP contribution in [0, 0.1) is 13.8 Å². The SMILES string of the molecule is Cc1cc(C(=O)N[C@H](C)c2ccc(N3CCOCC3)cc2)c2c(C)noc2n1. The third-order valence-corrected chi connectivity index (χ3v) is 5.11. The first-order valence-electron chi connectivity index (χ1n) is 9.50. The Morgan fingerprint density at radius 3 is 2.61 bits per heavy atom. The molecule has 7 nitrogen and oxygen atoms in total. The van der Waals surface area contributed by atoms with Crippen LogP contribution in [0.15, 0.2) is 34.9 Å². The van der Waals surface area contributed by atoms with E-state index in [2.05, 4.69) is 44.6 Å². The highest BCUT2D eigenvalue weighted by Gasteiger charge is 2.20. The Hall–Kier alpha value is -2.93. The summed E-state index contributed by atoms with van der Waals surface area (Å²) < 4.78 is 10.6. The Kier molecular flexibility index (Phi) is 5.00. The second kappa shape index (κ2) is 7.59. The predicted molar refractivity (Wildman–Crippen MR) is 107 cm³/mol. The van der Waals surface area contributed by atoms with Crippen molar-refractivity contribution >= 4 is 22.7 Å². The third-order valence-electron chi connectivity index (χ3n) is 5.11. The summed E-state index contributed by atoms with van der Waals surface area (Å²) in [5.41, 5.74) is 4.54. The number of nitrogens with one attached hydrogen (secondary N) is 1. The first-order chi connectivity index (χ1) is 13.5. The second-order valence-electron chi connectivity index (χ2n) is 7.15. The Balaban J connectivity index is 1.51. The number of pyridine rings is 1. The van der Waals surface area contributed by atoms with Gasteiger partial charge in [0.1, 0.15) is 0 Å². The normalized spacial score (nSPS) is 15.6. The summed E-state index contributed by atoms with van der Waals surface area (Å²) in [6.45, 7) is 8.96. The quantitative estimate of drug-likeness (QED) is 0.749. The Morgan fingerprint density at radius 1 is 1.18 bits per heavy atom. The van der Waals surface area contributed by atoms with Crippen LogP contribution in [-0.2, 0) is 4.74 Å². The largest absolute Gasteiger partial charge is 0.378 e. The van der Waals surface area contributed by atoms with Gasteiger partial charge in [-0.3, -0.25) is 4.79 Å². The molecule has 1 aliphatic rings. The van der Waals surface area contributed by atoms with Crippen molar-refractivity contribution in [3.8, 4) is 0 Å². The summed E-state index contributed by atoms with van der Waals surface area (Å²) in [5, 5.41) is 7.68. The van der Waals surface area contributed by atoms with Crippen molar-refractivity contribution in [2.24, 2.45) is 0 Å². The van der Waals surface area contributed by atoms with Crippen LogP contribution < -0.4 is 10.2 Å². The number of hydrogen-bond donors (Lipinski definition) is 1. The molecule has 1 saturated heterocycles. The van der Waals surface area contributed by atoms with Gasteiger partial charge in [-0.05, 0) is 44.5 Å². The molecule has 0 aliphatic carbocycles. The lowest BCUT2D eigenvalue weighted by Gasteiger charge is -2.29. The maximum absolute atomic E-state index is 12.9. The van der Waals surface area contributed by atoms with E-state index in [0.717, 1.165) is 37.6 Å². The highest BCUT2D eigenvalue weighted by molar-refractivity contribution is 6.06. The van der Waals surface area contributed by atoms with Crippen molar-refractivity contribution in [3.05, 3.63) is 52.8 Å². The zero-order valence-electron chi connectivity index (χ0n) is 16.4. The van der Waals surface area contributed by atoms with E-state index in [4.69, 9.17) is 9.26 Å². The van der Waals surface area contributed by atoms with Crippen LogP contribution in [0.5, 0.6) is 0 Å². The average molecular weight is 380 g/mol. The van der Waals surface area contributed by atoms with E-state index in [-0.39, 0.29) is 11.9 Å². The van der Waals surface area contributed by atoms with E-state index in [0.29, 0.717) is 22.4 Å². The molecule has 1 N–H and O–H groups in total. The molecule has 146 valence electrons. The van der Waals surface area contributed by atoms with Gasteiger partial charge >= 0.3 is 0 Å². The first kappa shape index (κ1) is 18.4. The molecule has 1 amide bonds. The number of carbonyl (C=O) groups excluding carboxylic acids is 1. The fourth-order valence-corrected chi connectivity index (χ4v) is 3.55. The lowest BCUT2D eigenvalue weighted by molar-refractivity contribution is 0.0941. The van der Waals surface area contributed by atoms with Crippen LogP contribution in [0.2, 0.25) is 0 Å². The van der Waals surface area contributed by atoms with Gasteiger partial charge in [-0.25, -0.2) is 4.98 Å². The summed E-state index contributed by atoms with van der Waals surface area (Å²) in [7, 11) is 0. The summed E-state index contributed by atoms with van der Waals surface area (Å²) in [6.07, 6.45) is 0. The van der Waals surface area contributed by atoms with E-state index in [1.165, 1.54) is 5.69 Å². The van der Waals surface area contributed by atoms with Gasteiger partial charge < -0.3 is 19.5 Å². The van der Waals surface area contributed by atoms with E-state index in [9.17, 15) is 4.79 Å². The number of aryl methyl sites for hydroxylation is 2. The van der Waals surface area contributed by atoms with Crippen molar-refractivity contribution < 1.29 is 14.1 Å².